The predicted molar refractivity (Wildman–Crippen MR) is 272 cm³/mol. The van der Waals surface area contributed by atoms with Crippen molar-refractivity contribution in [2.45, 2.75) is 195 Å². The zero-order valence-electron chi connectivity index (χ0n) is 43.4. The Morgan fingerprint density at radius 1 is 0.318 bits per heavy atom. The van der Waals surface area contributed by atoms with Gasteiger partial charge in [-0.05, 0) is 128 Å². The third-order valence-corrected chi connectivity index (χ3v) is 27.8. The quantitative estimate of drug-likeness (QED) is 0.0412. The Morgan fingerprint density at radius 3 is 0.924 bits per heavy atom. The van der Waals surface area contributed by atoms with Crippen molar-refractivity contribution in [3.8, 4) is 0 Å². The molecule has 0 heterocycles. The lowest BCUT2D eigenvalue weighted by Crippen LogP contribution is -2.34. The number of hydrogen-bond donors (Lipinski definition) is 0. The van der Waals surface area contributed by atoms with Gasteiger partial charge in [0.1, 0.15) is 7.34 Å². The minimum atomic E-state index is -4.13. The molecule has 0 radical (unpaired) electrons. The van der Waals surface area contributed by atoms with Gasteiger partial charge < -0.3 is 54.3 Å². The van der Waals surface area contributed by atoms with Crippen molar-refractivity contribution >= 4 is 51.6 Å². The van der Waals surface area contributed by atoms with Crippen LogP contribution in [0, 0.1) is 0 Å². The van der Waals surface area contributed by atoms with Gasteiger partial charge in [-0.3, -0.25) is 22.8 Å². The van der Waals surface area contributed by atoms with Crippen molar-refractivity contribution in [3.63, 3.8) is 0 Å². The zero-order valence-corrected chi connectivity index (χ0v) is 48.7. The monoisotopic (exact) mass is 1070 g/mol. The second-order valence-electron chi connectivity index (χ2n) is 15.4. The SMILES string of the molecule is C=P(OCC)(OCC)C(CC)C(CCC(C(CCCCC(CCCC(C)P(=O)(OCC)OCC)P(=O)(OCC)OCC)P(=O)(OCC)OCC)P(=O)(OCC)OCC)P(=O)(OCC)OCC. The fourth-order valence-electron chi connectivity index (χ4n) is 8.53. The average molecular weight is 1070 g/mol. The fourth-order valence-corrected chi connectivity index (χ4v) is 23.9. The van der Waals surface area contributed by atoms with Crippen molar-refractivity contribution < 1.29 is 77.1 Å². The topological polar surface area (TPSA) is 196 Å². The summed E-state index contributed by atoms with van der Waals surface area (Å²) in [5.74, 6) is 0. The Labute approximate surface area is 401 Å². The van der Waals surface area contributed by atoms with Gasteiger partial charge in [-0.15, -0.1) is 0 Å². The Hall–Kier alpha value is 0.970. The lowest BCUT2D eigenvalue weighted by atomic mass is 10.0. The molecule has 0 spiro atoms. The average Bonchev–Trinajstić information content (AvgIpc) is 3.24. The summed E-state index contributed by atoms with van der Waals surface area (Å²) in [4.78, 5) is 0. The Morgan fingerprint density at radius 2 is 0.591 bits per heavy atom. The summed E-state index contributed by atoms with van der Waals surface area (Å²) < 4.78 is 145. The van der Waals surface area contributed by atoms with E-state index in [1.54, 1.807) is 69.2 Å². The lowest BCUT2D eigenvalue weighted by Gasteiger charge is -2.41. The molecule has 0 aromatic heterocycles. The van der Waals surface area contributed by atoms with Crippen LogP contribution in [0.2, 0.25) is 0 Å². The molecular weight excluding hydrogens is 974 g/mol. The highest BCUT2D eigenvalue weighted by Crippen LogP contribution is 2.69. The second kappa shape index (κ2) is 35.2. The molecular formula is C43H94O17P6. The van der Waals surface area contributed by atoms with Crippen molar-refractivity contribution in [2.75, 3.05) is 79.3 Å². The van der Waals surface area contributed by atoms with E-state index in [2.05, 4.69) is 6.30 Å². The van der Waals surface area contributed by atoms with Gasteiger partial charge in [-0.1, -0.05) is 39.4 Å². The molecule has 0 N–H and O–H groups in total. The van der Waals surface area contributed by atoms with Crippen molar-refractivity contribution in [3.05, 3.63) is 0 Å². The van der Waals surface area contributed by atoms with E-state index in [-0.39, 0.29) is 91.0 Å². The van der Waals surface area contributed by atoms with Gasteiger partial charge in [0.2, 0.25) is 0 Å². The van der Waals surface area contributed by atoms with E-state index in [0.29, 0.717) is 58.2 Å². The van der Waals surface area contributed by atoms with Crippen molar-refractivity contribution in [2.24, 2.45) is 0 Å². The maximum atomic E-state index is 15.3. The molecule has 398 valence electrons. The van der Waals surface area contributed by atoms with E-state index in [9.17, 15) is 9.13 Å². The molecule has 0 aliphatic heterocycles. The van der Waals surface area contributed by atoms with E-state index in [1.165, 1.54) is 0 Å². The molecule has 17 nitrogen and oxygen atoms in total. The van der Waals surface area contributed by atoms with Crippen LogP contribution in [0.1, 0.15) is 161 Å². The van der Waals surface area contributed by atoms with Crippen LogP contribution < -0.4 is 0 Å². The van der Waals surface area contributed by atoms with E-state index in [4.69, 9.17) is 54.3 Å². The van der Waals surface area contributed by atoms with Gasteiger partial charge in [0, 0.05) is 5.66 Å². The van der Waals surface area contributed by atoms with Crippen LogP contribution in [-0.4, -0.2) is 120 Å². The molecule has 0 aromatic carbocycles. The number of unbranched alkanes of at least 4 members (excludes halogenated alkanes) is 1. The summed E-state index contributed by atoms with van der Waals surface area (Å²) in [6.07, 6.45) is 8.07. The number of rotatable bonds is 45. The second-order valence-corrected chi connectivity index (χ2v) is 29.6. The normalized spacial score (nSPS) is 16.3. The van der Waals surface area contributed by atoms with Gasteiger partial charge in [-0.2, -0.15) is 0 Å². The fraction of sp³-hybridized carbons (Fsp3) is 0.977. The van der Waals surface area contributed by atoms with Gasteiger partial charge in [0.15, 0.2) is 0 Å². The summed E-state index contributed by atoms with van der Waals surface area (Å²) in [6, 6.07) is 0. The summed E-state index contributed by atoms with van der Waals surface area (Å²) in [7, 11) is -22.1. The highest BCUT2D eigenvalue weighted by Gasteiger charge is 2.53. The first-order valence-electron chi connectivity index (χ1n) is 24.7. The van der Waals surface area contributed by atoms with Gasteiger partial charge in [0.05, 0.1) is 108 Å². The molecule has 0 saturated carbocycles. The highest BCUT2D eigenvalue weighted by molar-refractivity contribution is 7.66. The van der Waals surface area contributed by atoms with Crippen molar-refractivity contribution in [1.82, 2.24) is 0 Å². The van der Waals surface area contributed by atoms with Crippen LogP contribution in [0.5, 0.6) is 0 Å². The Kier molecular flexibility index (Phi) is 35.7. The number of hydrogen-bond acceptors (Lipinski definition) is 17. The Bertz CT molecular complexity index is 1510. The van der Waals surface area contributed by atoms with Crippen molar-refractivity contribution in [1.29, 1.82) is 0 Å². The molecule has 0 fully saturated rings. The van der Waals surface area contributed by atoms with E-state index >= 15 is 13.7 Å². The maximum absolute atomic E-state index is 15.3. The zero-order chi connectivity index (χ0) is 50.5. The molecule has 0 saturated heterocycles. The molecule has 0 aliphatic rings. The highest BCUT2D eigenvalue weighted by atomic mass is 31.2. The first kappa shape index (κ1) is 67.0. The molecule has 6 atom stereocenters. The molecule has 0 rings (SSSR count). The minimum absolute atomic E-state index is 0.0305. The van der Waals surface area contributed by atoms with Crippen LogP contribution in [0.3, 0.4) is 0 Å². The van der Waals surface area contributed by atoms with E-state index in [1.807, 2.05) is 27.7 Å². The van der Waals surface area contributed by atoms with Crippen LogP contribution in [-0.2, 0) is 77.1 Å². The molecule has 23 heteroatoms. The first-order valence-corrected chi connectivity index (χ1v) is 34.7. The third kappa shape index (κ3) is 20.8. The van der Waals surface area contributed by atoms with E-state index < -0.39 is 73.6 Å². The summed E-state index contributed by atoms with van der Waals surface area (Å²) in [6.45, 7) is 26.8. The summed E-state index contributed by atoms with van der Waals surface area (Å²) in [5.41, 5.74) is -4.36. The maximum Gasteiger partial charge on any atom is 0.334 e. The third-order valence-electron chi connectivity index (χ3n) is 11.0. The predicted octanol–water partition coefficient (Wildman–Crippen LogP) is 14.8. The molecule has 6 unspecified atom stereocenters. The molecule has 0 bridgehead atoms. The van der Waals surface area contributed by atoms with E-state index in [0.717, 1.165) is 0 Å². The summed E-state index contributed by atoms with van der Waals surface area (Å²) in [5, 5.41) is 0. The van der Waals surface area contributed by atoms with Crippen LogP contribution in [0.25, 0.3) is 0 Å². The molecule has 0 amide bonds. The van der Waals surface area contributed by atoms with Gasteiger partial charge >= 0.3 is 38.0 Å². The molecule has 0 aliphatic carbocycles. The largest absolute Gasteiger partial charge is 0.338 e. The molecule has 66 heavy (non-hydrogen) atoms. The minimum Gasteiger partial charge on any atom is -0.338 e. The smallest absolute Gasteiger partial charge is 0.334 e. The van der Waals surface area contributed by atoms with Crippen LogP contribution in [0.15, 0.2) is 0 Å². The van der Waals surface area contributed by atoms with Gasteiger partial charge in [-0.25, -0.2) is 0 Å². The van der Waals surface area contributed by atoms with Crippen LogP contribution in [0.4, 0.5) is 0 Å². The lowest BCUT2D eigenvalue weighted by molar-refractivity contribution is 0.187. The standard InChI is InChI=1S/C43H94O17P6/c1-16-40(61(15,49-17-2)50-18-3)42(65(47,57-25-10)58-26-11)36-37-43(66(48,59-27-12)60-28-13)41(64(46,55-23-8)56-24-9)35-30-29-33-39(63(45,53-21-6)54-22-7)34-31-32-38(14)62(44,51-19-4)52-20-5/h38-43H,15-37H2,1-14H3. The Balaban J connectivity index is 7.56. The molecule has 0 aromatic rings. The first-order chi connectivity index (χ1) is 31.3. The van der Waals surface area contributed by atoms with Gasteiger partial charge in [0.25, 0.3) is 0 Å². The van der Waals surface area contributed by atoms with Crippen LogP contribution >= 0.6 is 45.3 Å². The summed E-state index contributed by atoms with van der Waals surface area (Å²) >= 11 is 0.